The van der Waals surface area contributed by atoms with Crippen LogP contribution in [0.3, 0.4) is 0 Å². The van der Waals surface area contributed by atoms with Crippen LogP contribution in [0.25, 0.3) is 0 Å². The molecule has 0 radical (unpaired) electrons. The molecule has 1 fully saturated rings. The van der Waals surface area contributed by atoms with Crippen molar-refractivity contribution in [1.29, 1.82) is 0 Å². The van der Waals surface area contributed by atoms with Crippen LogP contribution in [0.15, 0.2) is 41.3 Å². The Balaban J connectivity index is 1.73. The number of anilines is 1. The number of ether oxygens (including phenoxy) is 3. The Morgan fingerprint density at radius 2 is 1.59 bits per heavy atom. The van der Waals surface area contributed by atoms with Gasteiger partial charge in [0.1, 0.15) is 16.4 Å². The zero-order chi connectivity index (χ0) is 24.7. The van der Waals surface area contributed by atoms with Crippen molar-refractivity contribution in [3.63, 3.8) is 0 Å². The van der Waals surface area contributed by atoms with E-state index in [0.29, 0.717) is 24.5 Å². The summed E-state index contributed by atoms with van der Waals surface area (Å²) in [6.45, 7) is 2.16. The van der Waals surface area contributed by atoms with Gasteiger partial charge in [-0.25, -0.2) is 13.2 Å². The number of nitrogens with one attached hydrogen (secondary N) is 1. The minimum atomic E-state index is -3.86. The summed E-state index contributed by atoms with van der Waals surface area (Å²) < 4.78 is 43.6. The first-order valence-electron chi connectivity index (χ1n) is 11.1. The Morgan fingerprint density at radius 3 is 2.24 bits per heavy atom. The molecule has 10 heteroatoms. The second-order valence-corrected chi connectivity index (χ2v) is 9.92. The molecule has 2 aromatic rings. The van der Waals surface area contributed by atoms with E-state index in [2.05, 4.69) is 5.32 Å². The summed E-state index contributed by atoms with van der Waals surface area (Å²) >= 11 is 0. The number of hydrogen-bond acceptors (Lipinski definition) is 7. The van der Waals surface area contributed by atoms with Gasteiger partial charge >= 0.3 is 5.97 Å². The van der Waals surface area contributed by atoms with E-state index < -0.39 is 28.5 Å². The molecule has 2 aromatic carbocycles. The molecule has 1 N–H and O–H groups in total. The SMILES string of the molecule is COc1ccc(C)cc1NC(=O)COC(=O)c1ccc(OC)c(S(=O)(=O)N2CCCCCC2)c1. The van der Waals surface area contributed by atoms with Crippen LogP contribution in [0.4, 0.5) is 5.69 Å². The summed E-state index contributed by atoms with van der Waals surface area (Å²) in [5, 5.41) is 2.65. The summed E-state index contributed by atoms with van der Waals surface area (Å²) in [6.07, 6.45) is 3.52. The molecule has 34 heavy (non-hydrogen) atoms. The van der Waals surface area contributed by atoms with Gasteiger partial charge < -0.3 is 19.5 Å². The monoisotopic (exact) mass is 490 g/mol. The standard InChI is InChI=1S/C24H30N2O7S/c1-17-8-10-20(31-2)19(14-17)25-23(27)16-33-24(28)18-9-11-21(32-3)22(15-18)34(29,30)26-12-6-4-5-7-13-26/h8-11,14-15H,4-7,12-13,16H2,1-3H3,(H,25,27). The molecule has 0 aromatic heterocycles. The van der Waals surface area contributed by atoms with Gasteiger partial charge in [0.2, 0.25) is 10.0 Å². The fourth-order valence-electron chi connectivity index (χ4n) is 3.75. The minimum Gasteiger partial charge on any atom is -0.495 e. The van der Waals surface area contributed by atoms with Gasteiger partial charge in [-0.1, -0.05) is 18.9 Å². The Morgan fingerprint density at radius 1 is 0.941 bits per heavy atom. The molecule has 0 saturated carbocycles. The highest BCUT2D eigenvalue weighted by atomic mass is 32.2. The van der Waals surface area contributed by atoms with Gasteiger partial charge in [-0.15, -0.1) is 0 Å². The van der Waals surface area contributed by atoms with Gasteiger partial charge in [-0.2, -0.15) is 4.31 Å². The Hall–Kier alpha value is -3.11. The number of aryl methyl sites for hydroxylation is 1. The quantitative estimate of drug-likeness (QED) is 0.565. The number of nitrogens with zero attached hydrogens (tertiary/aromatic N) is 1. The van der Waals surface area contributed by atoms with Crippen LogP contribution in [-0.4, -0.2) is 58.5 Å². The number of carbonyl (C=O) groups excluding carboxylic acids is 2. The highest BCUT2D eigenvalue weighted by Gasteiger charge is 2.29. The van der Waals surface area contributed by atoms with Gasteiger partial charge in [0.25, 0.3) is 5.91 Å². The van der Waals surface area contributed by atoms with E-state index in [1.54, 1.807) is 12.1 Å². The highest BCUT2D eigenvalue weighted by Crippen LogP contribution is 2.30. The van der Waals surface area contributed by atoms with E-state index in [1.165, 1.54) is 36.7 Å². The maximum absolute atomic E-state index is 13.3. The van der Waals surface area contributed by atoms with Gasteiger partial charge in [-0.3, -0.25) is 4.79 Å². The average Bonchev–Trinajstić information content (AvgIpc) is 3.12. The molecule has 1 heterocycles. The van der Waals surface area contributed by atoms with E-state index in [0.717, 1.165) is 31.2 Å². The number of amides is 1. The predicted octanol–water partition coefficient (Wildman–Crippen LogP) is 3.37. The van der Waals surface area contributed by atoms with Crippen molar-refractivity contribution >= 4 is 27.6 Å². The summed E-state index contributed by atoms with van der Waals surface area (Å²) in [5.41, 5.74) is 1.39. The molecule has 9 nitrogen and oxygen atoms in total. The van der Waals surface area contributed by atoms with Crippen molar-refractivity contribution in [1.82, 2.24) is 4.31 Å². The summed E-state index contributed by atoms with van der Waals surface area (Å²) in [5.74, 6) is -0.752. The first-order valence-corrected chi connectivity index (χ1v) is 12.5. The van der Waals surface area contributed by atoms with Crippen LogP contribution in [-0.2, 0) is 19.6 Å². The molecule has 0 spiro atoms. The normalized spacial score (nSPS) is 14.7. The molecular formula is C24H30N2O7S. The zero-order valence-corrected chi connectivity index (χ0v) is 20.4. The van der Waals surface area contributed by atoms with Crippen molar-refractivity contribution in [2.45, 2.75) is 37.5 Å². The van der Waals surface area contributed by atoms with Gasteiger partial charge in [0.15, 0.2) is 6.61 Å². The van der Waals surface area contributed by atoms with Crippen LogP contribution < -0.4 is 14.8 Å². The topological polar surface area (TPSA) is 111 Å². The fourth-order valence-corrected chi connectivity index (χ4v) is 5.45. The fraction of sp³-hybridized carbons (Fsp3) is 0.417. The molecule has 0 bridgehead atoms. The lowest BCUT2D eigenvalue weighted by molar-refractivity contribution is -0.119. The number of hydrogen-bond donors (Lipinski definition) is 1. The molecule has 0 unspecified atom stereocenters. The maximum Gasteiger partial charge on any atom is 0.338 e. The predicted molar refractivity (Wildman–Crippen MR) is 127 cm³/mol. The highest BCUT2D eigenvalue weighted by molar-refractivity contribution is 7.89. The maximum atomic E-state index is 13.3. The number of rotatable bonds is 8. The second-order valence-electron chi connectivity index (χ2n) is 8.01. The number of carbonyl (C=O) groups is 2. The molecule has 1 saturated heterocycles. The smallest absolute Gasteiger partial charge is 0.338 e. The van der Waals surface area contributed by atoms with E-state index in [9.17, 15) is 18.0 Å². The van der Waals surface area contributed by atoms with Crippen LogP contribution >= 0.6 is 0 Å². The van der Waals surface area contributed by atoms with Gasteiger partial charge in [0, 0.05) is 13.1 Å². The van der Waals surface area contributed by atoms with Crippen molar-refractivity contribution in [3.05, 3.63) is 47.5 Å². The molecule has 0 aliphatic carbocycles. The van der Waals surface area contributed by atoms with E-state index >= 15 is 0 Å². The van der Waals surface area contributed by atoms with E-state index in [4.69, 9.17) is 14.2 Å². The number of sulfonamides is 1. The number of benzene rings is 2. The first-order chi connectivity index (χ1) is 16.3. The molecule has 3 rings (SSSR count). The van der Waals surface area contributed by atoms with Crippen LogP contribution in [0.1, 0.15) is 41.6 Å². The lowest BCUT2D eigenvalue weighted by atomic mass is 10.2. The summed E-state index contributed by atoms with van der Waals surface area (Å²) in [7, 11) is -0.999. The average molecular weight is 491 g/mol. The zero-order valence-electron chi connectivity index (χ0n) is 19.6. The third-order valence-corrected chi connectivity index (χ3v) is 7.47. The molecule has 184 valence electrons. The lowest BCUT2D eigenvalue weighted by Crippen LogP contribution is -2.32. The Kier molecular flexibility index (Phi) is 8.51. The molecule has 1 amide bonds. The number of esters is 1. The van der Waals surface area contributed by atoms with Crippen molar-refractivity contribution in [2.24, 2.45) is 0 Å². The lowest BCUT2D eigenvalue weighted by Gasteiger charge is -2.21. The van der Waals surface area contributed by atoms with E-state index in [1.807, 2.05) is 13.0 Å². The molecule has 0 atom stereocenters. The molecule has 1 aliphatic heterocycles. The molecular weight excluding hydrogens is 460 g/mol. The van der Waals surface area contributed by atoms with Crippen LogP contribution in [0, 0.1) is 6.92 Å². The number of methoxy groups -OCH3 is 2. The third kappa shape index (κ3) is 6.06. The van der Waals surface area contributed by atoms with Crippen molar-refractivity contribution < 1.29 is 32.2 Å². The summed E-state index contributed by atoms with van der Waals surface area (Å²) in [6, 6.07) is 9.37. The Bertz CT molecular complexity index is 1140. The molecule has 1 aliphatic rings. The second kappa shape index (κ2) is 11.3. The Labute approximate surface area is 200 Å². The van der Waals surface area contributed by atoms with E-state index in [-0.39, 0.29) is 16.2 Å². The van der Waals surface area contributed by atoms with Crippen molar-refractivity contribution in [3.8, 4) is 11.5 Å². The van der Waals surface area contributed by atoms with Gasteiger partial charge in [0.05, 0.1) is 25.5 Å². The summed E-state index contributed by atoms with van der Waals surface area (Å²) in [4.78, 5) is 24.8. The first kappa shape index (κ1) is 25.5. The van der Waals surface area contributed by atoms with Crippen LogP contribution in [0.2, 0.25) is 0 Å². The van der Waals surface area contributed by atoms with Crippen molar-refractivity contribution in [2.75, 3.05) is 39.2 Å². The van der Waals surface area contributed by atoms with Gasteiger partial charge in [-0.05, 0) is 55.7 Å². The largest absolute Gasteiger partial charge is 0.495 e. The van der Waals surface area contributed by atoms with Crippen LogP contribution in [0.5, 0.6) is 11.5 Å². The minimum absolute atomic E-state index is 0.00938. The third-order valence-electron chi connectivity index (χ3n) is 5.55.